The van der Waals surface area contributed by atoms with E-state index in [9.17, 15) is 10.1 Å². The highest BCUT2D eigenvalue weighted by Crippen LogP contribution is 2.31. The third-order valence-electron chi connectivity index (χ3n) is 2.49. The summed E-state index contributed by atoms with van der Waals surface area (Å²) in [4.78, 5) is 13.5. The Bertz CT molecular complexity index is 640. The number of hydrogen-bond donors (Lipinski definition) is 1. The van der Waals surface area contributed by atoms with Crippen molar-refractivity contribution in [2.24, 2.45) is 7.05 Å². The SMILES string of the molecule is COc1cc(CO)ccc1Oc1nc([N+](=O)[O-])nn1C. The topological polar surface area (TPSA) is 113 Å². The van der Waals surface area contributed by atoms with Gasteiger partial charge in [-0.15, -0.1) is 4.68 Å². The molecule has 0 amide bonds. The van der Waals surface area contributed by atoms with E-state index in [-0.39, 0.29) is 12.6 Å². The third kappa shape index (κ3) is 2.67. The number of aromatic nitrogens is 3. The lowest BCUT2D eigenvalue weighted by atomic mass is 10.2. The summed E-state index contributed by atoms with van der Waals surface area (Å²) in [5.41, 5.74) is 0.651. The molecule has 9 heteroatoms. The Morgan fingerprint density at radius 1 is 1.45 bits per heavy atom. The fourth-order valence-corrected chi connectivity index (χ4v) is 1.52. The molecule has 0 saturated carbocycles. The lowest BCUT2D eigenvalue weighted by Gasteiger charge is -2.08. The first-order valence-electron chi connectivity index (χ1n) is 5.56. The molecular weight excluding hydrogens is 268 g/mol. The molecule has 20 heavy (non-hydrogen) atoms. The van der Waals surface area contributed by atoms with Crippen LogP contribution in [0.4, 0.5) is 5.95 Å². The second-order valence-electron chi connectivity index (χ2n) is 3.82. The summed E-state index contributed by atoms with van der Waals surface area (Å²) in [5, 5.41) is 23.2. The van der Waals surface area contributed by atoms with E-state index < -0.39 is 10.9 Å². The van der Waals surface area contributed by atoms with Crippen LogP contribution >= 0.6 is 0 Å². The molecule has 0 bridgehead atoms. The van der Waals surface area contributed by atoms with Gasteiger partial charge in [0, 0.05) is 5.10 Å². The third-order valence-corrected chi connectivity index (χ3v) is 2.49. The minimum atomic E-state index is -0.709. The highest BCUT2D eigenvalue weighted by atomic mass is 16.6. The van der Waals surface area contributed by atoms with E-state index in [0.29, 0.717) is 17.1 Å². The number of benzene rings is 1. The van der Waals surface area contributed by atoms with Gasteiger partial charge < -0.3 is 24.7 Å². The molecule has 0 unspecified atom stereocenters. The van der Waals surface area contributed by atoms with Gasteiger partial charge in [0.15, 0.2) is 11.5 Å². The molecule has 0 spiro atoms. The molecule has 1 aromatic carbocycles. The van der Waals surface area contributed by atoms with Crippen molar-refractivity contribution >= 4 is 5.95 Å². The second kappa shape index (κ2) is 5.53. The van der Waals surface area contributed by atoms with E-state index >= 15 is 0 Å². The van der Waals surface area contributed by atoms with E-state index in [1.807, 2.05) is 0 Å². The summed E-state index contributed by atoms with van der Waals surface area (Å²) in [7, 11) is 2.92. The fourth-order valence-electron chi connectivity index (χ4n) is 1.52. The second-order valence-corrected chi connectivity index (χ2v) is 3.82. The van der Waals surface area contributed by atoms with Crippen molar-refractivity contribution in [2.45, 2.75) is 6.61 Å². The van der Waals surface area contributed by atoms with Crippen LogP contribution in [0.5, 0.6) is 17.5 Å². The summed E-state index contributed by atoms with van der Waals surface area (Å²) < 4.78 is 11.7. The summed E-state index contributed by atoms with van der Waals surface area (Å²) in [6, 6.07) is 4.78. The van der Waals surface area contributed by atoms with Crippen LogP contribution in [0.15, 0.2) is 18.2 Å². The lowest BCUT2D eigenvalue weighted by molar-refractivity contribution is -0.394. The highest BCUT2D eigenvalue weighted by molar-refractivity contribution is 5.44. The summed E-state index contributed by atoms with van der Waals surface area (Å²) >= 11 is 0. The van der Waals surface area contributed by atoms with Gasteiger partial charge in [-0.1, -0.05) is 6.07 Å². The van der Waals surface area contributed by atoms with Crippen molar-refractivity contribution in [3.63, 3.8) is 0 Å². The average molecular weight is 280 g/mol. The largest absolute Gasteiger partial charge is 0.494 e. The number of aliphatic hydroxyl groups is 1. The number of aryl methyl sites for hydroxylation is 1. The number of methoxy groups -OCH3 is 1. The fraction of sp³-hybridized carbons (Fsp3) is 0.273. The summed E-state index contributed by atoms with van der Waals surface area (Å²) in [6.07, 6.45) is 0. The molecule has 0 aliphatic heterocycles. The predicted octanol–water partition coefficient (Wildman–Crippen LogP) is 1.02. The van der Waals surface area contributed by atoms with E-state index in [2.05, 4.69) is 10.1 Å². The van der Waals surface area contributed by atoms with Gasteiger partial charge in [0.2, 0.25) is 0 Å². The van der Waals surface area contributed by atoms with Crippen molar-refractivity contribution in [2.75, 3.05) is 7.11 Å². The Hall–Kier alpha value is -2.68. The molecule has 2 aromatic rings. The van der Waals surface area contributed by atoms with E-state index in [1.165, 1.54) is 14.2 Å². The van der Waals surface area contributed by atoms with Gasteiger partial charge in [-0.05, 0) is 27.6 Å². The van der Waals surface area contributed by atoms with Crippen LogP contribution in [0.3, 0.4) is 0 Å². The Balaban J connectivity index is 2.32. The average Bonchev–Trinajstić information content (AvgIpc) is 2.81. The monoisotopic (exact) mass is 280 g/mol. The van der Waals surface area contributed by atoms with Crippen molar-refractivity contribution in [3.05, 3.63) is 33.9 Å². The minimum Gasteiger partial charge on any atom is -0.493 e. The predicted molar refractivity (Wildman–Crippen MR) is 66.6 cm³/mol. The van der Waals surface area contributed by atoms with E-state index in [0.717, 1.165) is 4.68 Å². The Morgan fingerprint density at radius 2 is 2.20 bits per heavy atom. The first-order chi connectivity index (χ1) is 9.55. The van der Waals surface area contributed by atoms with Gasteiger partial charge in [0.1, 0.15) is 0 Å². The molecular formula is C11H12N4O5. The minimum absolute atomic E-state index is 0.0354. The zero-order valence-corrected chi connectivity index (χ0v) is 10.8. The maximum Gasteiger partial charge on any atom is 0.494 e. The van der Waals surface area contributed by atoms with Crippen molar-refractivity contribution in [1.82, 2.24) is 14.8 Å². The Kier molecular flexibility index (Phi) is 3.80. The van der Waals surface area contributed by atoms with Crippen molar-refractivity contribution in [3.8, 4) is 17.5 Å². The van der Waals surface area contributed by atoms with E-state index in [1.54, 1.807) is 18.2 Å². The van der Waals surface area contributed by atoms with Gasteiger partial charge >= 0.3 is 12.0 Å². The van der Waals surface area contributed by atoms with Gasteiger partial charge in [-0.3, -0.25) is 0 Å². The van der Waals surface area contributed by atoms with Crippen LogP contribution in [-0.2, 0) is 13.7 Å². The molecule has 1 N–H and O–H groups in total. The van der Waals surface area contributed by atoms with Gasteiger partial charge in [-0.25, -0.2) is 0 Å². The molecule has 1 heterocycles. The zero-order chi connectivity index (χ0) is 14.7. The first kappa shape index (κ1) is 13.7. The van der Waals surface area contributed by atoms with Crippen LogP contribution < -0.4 is 9.47 Å². The zero-order valence-electron chi connectivity index (χ0n) is 10.8. The number of ether oxygens (including phenoxy) is 2. The smallest absolute Gasteiger partial charge is 0.493 e. The molecule has 0 aliphatic carbocycles. The molecule has 2 rings (SSSR count). The number of nitrogens with zero attached hydrogens (tertiary/aromatic N) is 4. The molecule has 0 fully saturated rings. The molecule has 0 aliphatic rings. The van der Waals surface area contributed by atoms with Gasteiger partial charge in [-0.2, -0.15) is 0 Å². The van der Waals surface area contributed by atoms with E-state index in [4.69, 9.17) is 14.6 Å². The molecule has 9 nitrogen and oxygen atoms in total. The van der Waals surface area contributed by atoms with Crippen LogP contribution in [0.1, 0.15) is 5.56 Å². The van der Waals surface area contributed by atoms with Crippen LogP contribution in [0.25, 0.3) is 0 Å². The van der Waals surface area contributed by atoms with Crippen molar-refractivity contribution < 1.29 is 19.5 Å². The molecule has 106 valence electrons. The van der Waals surface area contributed by atoms with Crippen LogP contribution in [0, 0.1) is 10.1 Å². The number of hydrogen-bond acceptors (Lipinski definition) is 7. The summed E-state index contributed by atoms with van der Waals surface area (Å²) in [6.45, 7) is -0.133. The van der Waals surface area contributed by atoms with Crippen molar-refractivity contribution in [1.29, 1.82) is 0 Å². The lowest BCUT2D eigenvalue weighted by Crippen LogP contribution is -1.98. The highest BCUT2D eigenvalue weighted by Gasteiger charge is 2.22. The summed E-state index contributed by atoms with van der Waals surface area (Å²) in [5.74, 6) is 0.144. The molecule has 0 saturated heterocycles. The van der Waals surface area contributed by atoms with Crippen LogP contribution in [-0.4, -0.2) is 31.9 Å². The molecule has 1 aromatic heterocycles. The normalized spacial score (nSPS) is 10.3. The van der Waals surface area contributed by atoms with Gasteiger partial charge in [0.25, 0.3) is 0 Å². The first-order valence-corrected chi connectivity index (χ1v) is 5.56. The van der Waals surface area contributed by atoms with Crippen LogP contribution in [0.2, 0.25) is 0 Å². The maximum atomic E-state index is 10.6. The number of rotatable bonds is 5. The Morgan fingerprint density at radius 3 is 2.75 bits per heavy atom. The molecule has 0 atom stereocenters. The number of nitro groups is 1. The number of aliphatic hydroxyl groups excluding tert-OH is 1. The standard InChI is InChI=1S/C11H12N4O5/c1-14-11(12-10(13-14)15(17)18)20-8-4-3-7(6-16)5-9(8)19-2/h3-5,16H,6H2,1-2H3. The quantitative estimate of drug-likeness (QED) is 0.642. The maximum absolute atomic E-state index is 10.6. The Labute approximate surface area is 113 Å². The van der Waals surface area contributed by atoms with Gasteiger partial charge in [0.05, 0.1) is 20.8 Å². The molecule has 0 radical (unpaired) electrons.